The number of anilines is 1. The number of carboxylic acids is 1. The quantitative estimate of drug-likeness (QED) is 0.847. The van der Waals surface area contributed by atoms with Gasteiger partial charge in [-0.25, -0.2) is 0 Å². The van der Waals surface area contributed by atoms with E-state index in [1.165, 1.54) is 16.7 Å². The van der Waals surface area contributed by atoms with Gasteiger partial charge in [-0.15, -0.1) is 0 Å². The highest BCUT2D eigenvalue weighted by Gasteiger charge is 2.23. The van der Waals surface area contributed by atoms with Gasteiger partial charge in [-0.1, -0.05) is 6.07 Å². The summed E-state index contributed by atoms with van der Waals surface area (Å²) < 4.78 is 0. The van der Waals surface area contributed by atoms with Crippen molar-refractivity contribution in [2.24, 2.45) is 0 Å². The van der Waals surface area contributed by atoms with Gasteiger partial charge in [0.15, 0.2) is 0 Å². The molecule has 0 radical (unpaired) electrons. The van der Waals surface area contributed by atoms with Gasteiger partial charge in [0.1, 0.15) is 0 Å². The zero-order valence-electron chi connectivity index (χ0n) is 12.8. The Hall–Kier alpha value is -1.84. The molecule has 0 atom stereocenters. The third kappa shape index (κ3) is 3.84. The van der Waals surface area contributed by atoms with Crippen molar-refractivity contribution in [2.45, 2.75) is 52.4 Å². The molecular formula is C17H23NO3. The molecule has 21 heavy (non-hydrogen) atoms. The minimum atomic E-state index is -0.794. The van der Waals surface area contributed by atoms with Gasteiger partial charge in [-0.05, 0) is 62.3 Å². The Morgan fingerprint density at radius 1 is 1.19 bits per heavy atom. The van der Waals surface area contributed by atoms with Crippen molar-refractivity contribution in [1.29, 1.82) is 0 Å². The Morgan fingerprint density at radius 2 is 1.90 bits per heavy atom. The van der Waals surface area contributed by atoms with Crippen LogP contribution in [-0.4, -0.2) is 23.5 Å². The van der Waals surface area contributed by atoms with Gasteiger partial charge in [0.25, 0.3) is 0 Å². The number of amides is 1. The van der Waals surface area contributed by atoms with Gasteiger partial charge < -0.3 is 10.0 Å². The molecule has 0 spiro atoms. The summed E-state index contributed by atoms with van der Waals surface area (Å²) in [5.41, 5.74) is 4.78. The lowest BCUT2D eigenvalue weighted by molar-refractivity contribution is -0.137. The van der Waals surface area contributed by atoms with E-state index in [4.69, 9.17) is 5.11 Å². The molecule has 0 bridgehead atoms. The van der Waals surface area contributed by atoms with Gasteiger partial charge in [0.05, 0.1) is 0 Å². The van der Waals surface area contributed by atoms with Gasteiger partial charge in [0.2, 0.25) is 5.91 Å². The highest BCUT2D eigenvalue weighted by Crippen LogP contribution is 2.31. The van der Waals surface area contributed by atoms with Crippen molar-refractivity contribution in [3.05, 3.63) is 28.8 Å². The minimum absolute atomic E-state index is 0.117. The summed E-state index contributed by atoms with van der Waals surface area (Å²) >= 11 is 0. The highest BCUT2D eigenvalue weighted by molar-refractivity contribution is 5.94. The Morgan fingerprint density at radius 3 is 2.62 bits per heavy atom. The summed E-state index contributed by atoms with van der Waals surface area (Å²) in [6, 6.07) is 4.26. The van der Waals surface area contributed by atoms with E-state index in [9.17, 15) is 9.59 Å². The van der Waals surface area contributed by atoms with Crippen LogP contribution in [0.4, 0.5) is 5.69 Å². The van der Waals surface area contributed by atoms with Crippen LogP contribution in [0.3, 0.4) is 0 Å². The summed E-state index contributed by atoms with van der Waals surface area (Å²) in [7, 11) is 0. The second-order valence-corrected chi connectivity index (χ2v) is 5.83. The van der Waals surface area contributed by atoms with E-state index in [-0.39, 0.29) is 12.3 Å². The maximum Gasteiger partial charge on any atom is 0.303 e. The SMILES string of the molecule is Cc1cc(C)c2c(c1)N(C(=O)CCCCC(=O)O)CCC2. The molecule has 4 nitrogen and oxygen atoms in total. The lowest BCUT2D eigenvalue weighted by Crippen LogP contribution is -2.35. The molecular weight excluding hydrogens is 266 g/mol. The molecule has 1 amide bonds. The number of carbonyl (C=O) groups excluding carboxylic acids is 1. The van der Waals surface area contributed by atoms with Crippen molar-refractivity contribution in [1.82, 2.24) is 0 Å². The zero-order valence-corrected chi connectivity index (χ0v) is 12.8. The number of rotatable bonds is 5. The van der Waals surface area contributed by atoms with Gasteiger partial charge in [-0.3, -0.25) is 9.59 Å². The monoisotopic (exact) mass is 289 g/mol. The van der Waals surface area contributed by atoms with Gasteiger partial charge >= 0.3 is 5.97 Å². The zero-order chi connectivity index (χ0) is 15.4. The maximum absolute atomic E-state index is 12.4. The molecule has 1 N–H and O–H groups in total. The molecule has 1 aliphatic heterocycles. The van der Waals surface area contributed by atoms with Crippen LogP contribution in [0.15, 0.2) is 12.1 Å². The number of carbonyl (C=O) groups is 2. The lowest BCUT2D eigenvalue weighted by Gasteiger charge is -2.31. The molecule has 0 unspecified atom stereocenters. The topological polar surface area (TPSA) is 57.6 Å². The summed E-state index contributed by atoms with van der Waals surface area (Å²) in [5.74, 6) is -0.677. The van der Waals surface area contributed by atoms with E-state index in [2.05, 4.69) is 26.0 Å². The highest BCUT2D eigenvalue weighted by atomic mass is 16.4. The molecule has 1 heterocycles. The number of nitrogens with zero attached hydrogens (tertiary/aromatic N) is 1. The Bertz CT molecular complexity index is 551. The second kappa shape index (κ2) is 6.74. The van der Waals surface area contributed by atoms with Gasteiger partial charge in [-0.2, -0.15) is 0 Å². The van der Waals surface area contributed by atoms with Crippen molar-refractivity contribution >= 4 is 17.6 Å². The normalized spacial score (nSPS) is 13.9. The number of aliphatic carboxylic acids is 1. The fourth-order valence-electron chi connectivity index (χ4n) is 3.02. The van der Waals surface area contributed by atoms with Gasteiger partial charge in [0, 0.05) is 25.1 Å². The number of unbranched alkanes of at least 4 members (excludes halogenated alkanes) is 1. The first-order valence-corrected chi connectivity index (χ1v) is 7.61. The van der Waals surface area contributed by atoms with Crippen LogP contribution < -0.4 is 4.90 Å². The smallest absolute Gasteiger partial charge is 0.303 e. The number of hydrogen-bond donors (Lipinski definition) is 1. The molecule has 0 saturated carbocycles. The molecule has 1 aromatic carbocycles. The molecule has 0 fully saturated rings. The van der Waals surface area contributed by atoms with E-state index in [1.807, 2.05) is 4.90 Å². The van der Waals surface area contributed by atoms with Crippen molar-refractivity contribution in [3.63, 3.8) is 0 Å². The average molecular weight is 289 g/mol. The summed E-state index contributed by atoms with van der Waals surface area (Å²) in [5, 5.41) is 8.62. The predicted molar refractivity (Wildman–Crippen MR) is 82.7 cm³/mol. The first kappa shape index (κ1) is 15.5. The van der Waals surface area contributed by atoms with Crippen LogP contribution in [0, 0.1) is 13.8 Å². The predicted octanol–water partition coefficient (Wildman–Crippen LogP) is 3.23. The van der Waals surface area contributed by atoms with Crippen LogP contribution in [0.5, 0.6) is 0 Å². The first-order valence-electron chi connectivity index (χ1n) is 7.61. The fourth-order valence-corrected chi connectivity index (χ4v) is 3.02. The van der Waals surface area contributed by atoms with E-state index in [1.54, 1.807) is 0 Å². The molecule has 0 saturated heterocycles. The Labute approximate surface area is 125 Å². The van der Waals surface area contributed by atoms with E-state index >= 15 is 0 Å². The Kier molecular flexibility index (Phi) is 4.99. The number of benzene rings is 1. The summed E-state index contributed by atoms with van der Waals surface area (Å²) in [6.45, 7) is 4.93. The Balaban J connectivity index is 2.05. The third-order valence-corrected chi connectivity index (χ3v) is 4.03. The molecule has 0 aliphatic carbocycles. The second-order valence-electron chi connectivity index (χ2n) is 5.83. The molecule has 4 heteroatoms. The summed E-state index contributed by atoms with van der Waals surface area (Å²) in [6.07, 6.45) is 3.81. The van der Waals surface area contributed by atoms with Crippen LogP contribution in [-0.2, 0) is 16.0 Å². The minimum Gasteiger partial charge on any atom is -0.481 e. The van der Waals surface area contributed by atoms with E-state index in [0.29, 0.717) is 19.3 Å². The maximum atomic E-state index is 12.4. The molecule has 1 aromatic rings. The first-order chi connectivity index (χ1) is 9.99. The van der Waals surface area contributed by atoms with E-state index < -0.39 is 5.97 Å². The molecule has 114 valence electrons. The molecule has 2 rings (SSSR count). The fraction of sp³-hybridized carbons (Fsp3) is 0.529. The lowest BCUT2D eigenvalue weighted by atomic mass is 9.94. The number of carboxylic acid groups (broad SMARTS) is 1. The van der Waals surface area contributed by atoms with Crippen LogP contribution in [0.2, 0.25) is 0 Å². The van der Waals surface area contributed by atoms with Crippen LogP contribution in [0.25, 0.3) is 0 Å². The average Bonchev–Trinajstić information content (AvgIpc) is 2.42. The third-order valence-electron chi connectivity index (χ3n) is 4.03. The number of fused-ring (bicyclic) bond motifs is 1. The molecule has 0 aromatic heterocycles. The van der Waals surface area contributed by atoms with Crippen molar-refractivity contribution in [2.75, 3.05) is 11.4 Å². The van der Waals surface area contributed by atoms with Crippen molar-refractivity contribution in [3.8, 4) is 0 Å². The number of aryl methyl sites for hydroxylation is 2. The molecule has 1 aliphatic rings. The van der Waals surface area contributed by atoms with Crippen LogP contribution >= 0.6 is 0 Å². The number of hydrogen-bond acceptors (Lipinski definition) is 2. The van der Waals surface area contributed by atoms with Crippen molar-refractivity contribution < 1.29 is 14.7 Å². The largest absolute Gasteiger partial charge is 0.481 e. The van der Waals surface area contributed by atoms with Crippen LogP contribution in [0.1, 0.15) is 48.8 Å². The summed E-state index contributed by atoms with van der Waals surface area (Å²) in [4.78, 5) is 24.8. The standard InChI is InChI=1S/C17H23NO3/c1-12-10-13(2)14-6-5-9-18(15(14)11-12)16(19)7-3-4-8-17(20)21/h10-11H,3-9H2,1-2H3,(H,20,21). The van der Waals surface area contributed by atoms with E-state index in [0.717, 1.165) is 25.1 Å².